The van der Waals surface area contributed by atoms with Crippen molar-refractivity contribution in [3.8, 4) is 0 Å². The van der Waals surface area contributed by atoms with E-state index >= 15 is 0 Å². The first kappa shape index (κ1) is 6.45. The van der Waals surface area contributed by atoms with Crippen molar-refractivity contribution >= 4 is 0 Å². The van der Waals surface area contributed by atoms with E-state index in [4.69, 9.17) is 0 Å². The van der Waals surface area contributed by atoms with Crippen LogP contribution in [0.1, 0.15) is 46.0 Å². The van der Waals surface area contributed by atoms with Crippen LogP contribution in [0.5, 0.6) is 0 Å². The van der Waals surface area contributed by atoms with E-state index in [0.717, 1.165) is 0 Å². The third kappa shape index (κ3) is 0.624. The summed E-state index contributed by atoms with van der Waals surface area (Å²) in [5.41, 5.74) is 4.28. The Morgan fingerprint density at radius 2 is 2.20 bits per heavy atom. The summed E-state index contributed by atoms with van der Waals surface area (Å²) in [4.78, 5) is 0. The molecule has 0 aliphatic heterocycles. The van der Waals surface area contributed by atoms with Crippen molar-refractivity contribution < 1.29 is 0 Å². The summed E-state index contributed by atoms with van der Waals surface area (Å²) in [5.74, 6) is 0. The third-order valence-corrected chi connectivity index (χ3v) is 3.44. The van der Waals surface area contributed by atoms with E-state index in [9.17, 15) is 0 Å². The van der Waals surface area contributed by atoms with Gasteiger partial charge in [-0.2, -0.15) is 0 Å². The lowest BCUT2D eigenvalue weighted by molar-refractivity contribution is 0.323. The summed E-state index contributed by atoms with van der Waals surface area (Å²) in [5, 5.41) is 0. The summed E-state index contributed by atoms with van der Waals surface area (Å²) >= 11 is 0. The average Bonchev–Trinajstić information content (AvgIpc) is 2.30. The van der Waals surface area contributed by atoms with Crippen molar-refractivity contribution in [1.82, 2.24) is 0 Å². The second-order valence-electron chi connectivity index (χ2n) is 4.03. The predicted octanol–water partition coefficient (Wildman–Crippen LogP) is 3.29. The molecule has 1 unspecified atom stereocenters. The Hall–Kier alpha value is -0.260. The van der Waals surface area contributed by atoms with Gasteiger partial charge in [0.2, 0.25) is 0 Å². The molecule has 0 aromatic heterocycles. The van der Waals surface area contributed by atoms with Crippen LogP contribution in [-0.2, 0) is 0 Å². The topological polar surface area (TPSA) is 0 Å². The van der Waals surface area contributed by atoms with E-state index in [2.05, 4.69) is 13.8 Å². The van der Waals surface area contributed by atoms with Crippen LogP contribution in [0.3, 0.4) is 0 Å². The molecular formula is C10H16. The maximum absolute atomic E-state index is 2.43. The molecule has 10 heavy (non-hydrogen) atoms. The highest BCUT2D eigenvalue weighted by Crippen LogP contribution is 2.55. The smallest absolute Gasteiger partial charge is 0.00791 e. The molecule has 0 aromatic carbocycles. The molecule has 0 saturated carbocycles. The predicted molar refractivity (Wildman–Crippen MR) is 43.9 cm³/mol. The molecule has 0 amide bonds. The van der Waals surface area contributed by atoms with Crippen LogP contribution in [-0.4, -0.2) is 0 Å². The van der Waals surface area contributed by atoms with E-state index in [1.807, 2.05) is 11.1 Å². The number of hydrogen-bond donors (Lipinski definition) is 0. The van der Waals surface area contributed by atoms with Crippen LogP contribution in [0.15, 0.2) is 11.1 Å². The molecule has 0 N–H and O–H groups in total. The fraction of sp³-hybridized carbons (Fsp3) is 0.800. The van der Waals surface area contributed by atoms with Gasteiger partial charge < -0.3 is 0 Å². The van der Waals surface area contributed by atoms with Crippen molar-refractivity contribution in [2.75, 3.05) is 0 Å². The Morgan fingerprint density at radius 1 is 1.40 bits per heavy atom. The Kier molecular flexibility index (Phi) is 1.21. The van der Waals surface area contributed by atoms with E-state index < -0.39 is 0 Å². The molecule has 2 aliphatic carbocycles. The van der Waals surface area contributed by atoms with Crippen LogP contribution in [0.25, 0.3) is 0 Å². The van der Waals surface area contributed by atoms with Gasteiger partial charge in [-0.25, -0.2) is 0 Å². The van der Waals surface area contributed by atoms with Gasteiger partial charge in [0.05, 0.1) is 0 Å². The molecule has 0 bridgehead atoms. The van der Waals surface area contributed by atoms with Crippen molar-refractivity contribution in [2.24, 2.45) is 5.41 Å². The van der Waals surface area contributed by atoms with Gasteiger partial charge in [0.15, 0.2) is 0 Å². The van der Waals surface area contributed by atoms with E-state index in [0.29, 0.717) is 5.41 Å². The highest BCUT2D eigenvalue weighted by molar-refractivity contribution is 5.36. The molecule has 2 rings (SSSR count). The largest absolute Gasteiger partial charge is 0.0696 e. The fourth-order valence-electron chi connectivity index (χ4n) is 2.54. The lowest BCUT2D eigenvalue weighted by Gasteiger charge is -2.40. The van der Waals surface area contributed by atoms with Crippen LogP contribution < -0.4 is 0 Å². The summed E-state index contributed by atoms with van der Waals surface area (Å²) < 4.78 is 0. The summed E-state index contributed by atoms with van der Waals surface area (Å²) in [6.07, 6.45) is 7.05. The molecule has 0 heterocycles. The van der Waals surface area contributed by atoms with Crippen molar-refractivity contribution in [1.29, 1.82) is 0 Å². The lowest BCUT2D eigenvalue weighted by atomic mass is 9.65. The van der Waals surface area contributed by atoms with Gasteiger partial charge in [-0.1, -0.05) is 25.0 Å². The van der Waals surface area contributed by atoms with E-state index in [1.54, 1.807) is 0 Å². The highest BCUT2D eigenvalue weighted by Gasteiger charge is 2.40. The molecule has 0 nitrogen and oxygen atoms in total. The number of allylic oxidation sites excluding steroid dienone is 2. The first-order valence-corrected chi connectivity index (χ1v) is 4.47. The number of hydrogen-bond acceptors (Lipinski definition) is 0. The maximum atomic E-state index is 2.43. The highest BCUT2D eigenvalue weighted by atomic mass is 14.5. The lowest BCUT2D eigenvalue weighted by Crippen LogP contribution is -2.27. The molecular weight excluding hydrogens is 120 g/mol. The normalized spacial score (nSPS) is 37.8. The summed E-state index contributed by atoms with van der Waals surface area (Å²) in [7, 11) is 0. The summed E-state index contributed by atoms with van der Waals surface area (Å²) in [6, 6.07) is 0. The zero-order chi connectivity index (χ0) is 7.19. The van der Waals surface area contributed by atoms with Gasteiger partial charge in [-0.15, -0.1) is 0 Å². The second kappa shape index (κ2) is 1.87. The Balaban J connectivity index is 2.22. The van der Waals surface area contributed by atoms with Gasteiger partial charge in [0, 0.05) is 0 Å². The van der Waals surface area contributed by atoms with Crippen molar-refractivity contribution in [3.05, 3.63) is 11.1 Å². The zero-order valence-corrected chi connectivity index (χ0v) is 7.04. The van der Waals surface area contributed by atoms with Crippen molar-refractivity contribution in [3.63, 3.8) is 0 Å². The minimum atomic E-state index is 0.645. The first-order valence-electron chi connectivity index (χ1n) is 4.47. The molecule has 56 valence electrons. The van der Waals surface area contributed by atoms with E-state index in [1.165, 1.54) is 32.1 Å². The molecule has 2 aliphatic rings. The zero-order valence-electron chi connectivity index (χ0n) is 7.04. The molecule has 0 fully saturated rings. The fourth-order valence-corrected chi connectivity index (χ4v) is 2.54. The first-order chi connectivity index (χ1) is 4.76. The van der Waals surface area contributed by atoms with Crippen LogP contribution in [0.2, 0.25) is 0 Å². The molecule has 0 radical (unpaired) electrons. The van der Waals surface area contributed by atoms with E-state index in [-0.39, 0.29) is 0 Å². The van der Waals surface area contributed by atoms with Crippen LogP contribution >= 0.6 is 0 Å². The van der Waals surface area contributed by atoms with Gasteiger partial charge in [0.1, 0.15) is 0 Å². The minimum absolute atomic E-state index is 0.645. The monoisotopic (exact) mass is 136 g/mol. The van der Waals surface area contributed by atoms with Gasteiger partial charge in [-0.05, 0) is 37.5 Å². The van der Waals surface area contributed by atoms with Crippen molar-refractivity contribution in [2.45, 2.75) is 46.0 Å². The Morgan fingerprint density at radius 3 is 2.80 bits per heavy atom. The molecule has 0 heteroatoms. The van der Waals surface area contributed by atoms with Gasteiger partial charge in [-0.3, -0.25) is 0 Å². The maximum Gasteiger partial charge on any atom is -0.00791 e. The minimum Gasteiger partial charge on any atom is -0.0696 e. The Bertz CT molecular complexity index is 188. The second-order valence-corrected chi connectivity index (χ2v) is 4.03. The SMILES string of the molecule is CCC1(C)CC2=C1CCC2. The molecule has 0 saturated heterocycles. The third-order valence-electron chi connectivity index (χ3n) is 3.44. The average molecular weight is 136 g/mol. The Labute approximate surface area is 63.3 Å². The van der Waals surface area contributed by atoms with Gasteiger partial charge >= 0.3 is 0 Å². The van der Waals surface area contributed by atoms with Crippen LogP contribution in [0.4, 0.5) is 0 Å². The molecule has 0 aromatic rings. The standard InChI is InChI=1S/C10H16/c1-3-10(2)7-8-5-4-6-9(8)10/h3-7H2,1-2H3. The summed E-state index contributed by atoms with van der Waals surface area (Å²) in [6.45, 7) is 4.75. The van der Waals surface area contributed by atoms with Crippen LogP contribution in [0, 0.1) is 5.41 Å². The van der Waals surface area contributed by atoms with Gasteiger partial charge in [0.25, 0.3) is 0 Å². The number of rotatable bonds is 1. The molecule has 0 spiro atoms. The molecule has 1 atom stereocenters. The quantitative estimate of drug-likeness (QED) is 0.485.